The van der Waals surface area contributed by atoms with Crippen molar-refractivity contribution in [3.63, 3.8) is 0 Å². The van der Waals surface area contributed by atoms with Crippen LogP contribution in [0.3, 0.4) is 0 Å². The number of aromatic hydroxyl groups is 1. The minimum absolute atomic E-state index is 0.0818. The van der Waals surface area contributed by atoms with Crippen molar-refractivity contribution in [1.82, 2.24) is 5.32 Å². The van der Waals surface area contributed by atoms with Gasteiger partial charge in [0.2, 0.25) is 18.4 Å². The molecule has 3 aliphatic rings. The zero-order valence-electron chi connectivity index (χ0n) is 18.1. The number of benzene rings is 2. The number of ether oxygens (including phenoxy) is 5. The van der Waals surface area contributed by atoms with Gasteiger partial charge in [-0.05, 0) is 41.0 Å². The first-order valence-corrected chi connectivity index (χ1v) is 10.5. The van der Waals surface area contributed by atoms with Crippen LogP contribution in [0.1, 0.15) is 28.7 Å². The quantitative estimate of drug-likeness (QED) is 0.566. The number of hydrogen-bond donors (Lipinski definition) is 3. The summed E-state index contributed by atoms with van der Waals surface area (Å²) in [7, 11) is 2.88. The Morgan fingerprint density at radius 1 is 1.09 bits per heavy atom. The van der Waals surface area contributed by atoms with Gasteiger partial charge in [0.1, 0.15) is 0 Å². The van der Waals surface area contributed by atoms with Gasteiger partial charge in [0, 0.05) is 11.8 Å². The third-order valence-electron chi connectivity index (χ3n) is 6.55. The molecular formula is C23H24N2O8. The molecular weight excluding hydrogens is 432 g/mol. The van der Waals surface area contributed by atoms with Crippen LogP contribution in [0.4, 0.5) is 0 Å². The molecule has 0 bridgehead atoms. The van der Waals surface area contributed by atoms with E-state index in [1.165, 1.54) is 14.2 Å². The highest BCUT2D eigenvalue weighted by molar-refractivity contribution is 5.81. The van der Waals surface area contributed by atoms with Crippen molar-refractivity contribution in [1.29, 1.82) is 0 Å². The lowest BCUT2D eigenvalue weighted by Crippen LogP contribution is -2.44. The lowest BCUT2D eigenvalue weighted by Gasteiger charge is -2.39. The molecule has 2 aromatic rings. The molecule has 4 unspecified atom stereocenters. The second kappa shape index (κ2) is 8.04. The molecule has 2 aromatic carbocycles. The van der Waals surface area contributed by atoms with Gasteiger partial charge in [-0.15, -0.1) is 0 Å². The number of hydrogen-bond acceptors (Lipinski definition) is 9. The summed E-state index contributed by atoms with van der Waals surface area (Å²) in [5, 5.41) is 13.4. The Hall–Kier alpha value is -3.66. The Morgan fingerprint density at radius 3 is 2.33 bits per heavy atom. The van der Waals surface area contributed by atoms with Crippen LogP contribution in [0.2, 0.25) is 0 Å². The van der Waals surface area contributed by atoms with Crippen molar-refractivity contribution in [2.24, 2.45) is 17.6 Å². The first kappa shape index (κ1) is 21.2. The smallest absolute Gasteiger partial charge is 0.310 e. The van der Waals surface area contributed by atoms with Crippen molar-refractivity contribution >= 4 is 11.9 Å². The van der Waals surface area contributed by atoms with Gasteiger partial charge in [-0.3, -0.25) is 9.59 Å². The maximum Gasteiger partial charge on any atom is 0.310 e. The van der Waals surface area contributed by atoms with Crippen LogP contribution in [0, 0.1) is 11.8 Å². The molecule has 1 aliphatic carbocycles. The Balaban J connectivity index is 1.74. The van der Waals surface area contributed by atoms with Gasteiger partial charge in [-0.1, -0.05) is 0 Å². The summed E-state index contributed by atoms with van der Waals surface area (Å²) < 4.78 is 27.3. The zero-order chi connectivity index (χ0) is 23.3. The Bertz CT molecular complexity index is 1110. The predicted octanol–water partition coefficient (Wildman–Crippen LogP) is 1.19. The third-order valence-corrected chi connectivity index (χ3v) is 6.55. The second-order valence-corrected chi connectivity index (χ2v) is 8.16. The predicted molar refractivity (Wildman–Crippen MR) is 113 cm³/mol. The maximum absolute atomic E-state index is 13.0. The van der Waals surface area contributed by atoms with Gasteiger partial charge in [0.15, 0.2) is 23.0 Å². The number of rotatable bonds is 5. The first-order chi connectivity index (χ1) is 16.0. The van der Waals surface area contributed by atoms with E-state index >= 15 is 0 Å². The molecule has 0 spiro atoms. The number of carbonyl (C=O) groups is 2. The molecule has 4 N–H and O–H groups in total. The largest absolute Gasteiger partial charge is 0.502 e. The van der Waals surface area contributed by atoms with Gasteiger partial charge in [0.05, 0.1) is 39.3 Å². The SMILES string of the molecule is COc1cc(C2c3cc4c(cc3C(NC(=O)CN)C3COC(=O)C23)OCO4)cc(OC)c1O. The van der Waals surface area contributed by atoms with E-state index in [0.717, 1.165) is 11.1 Å². The number of nitrogens with one attached hydrogen (secondary N) is 1. The number of esters is 1. The van der Waals surface area contributed by atoms with E-state index in [0.29, 0.717) is 17.1 Å². The maximum atomic E-state index is 13.0. The van der Waals surface area contributed by atoms with Crippen molar-refractivity contribution in [3.8, 4) is 28.7 Å². The summed E-state index contributed by atoms with van der Waals surface area (Å²) in [6.45, 7) is 0.0482. The topological polar surface area (TPSA) is 139 Å². The Kier molecular flexibility index (Phi) is 5.16. The van der Waals surface area contributed by atoms with Crippen LogP contribution in [0.25, 0.3) is 0 Å². The lowest BCUT2D eigenvalue weighted by atomic mass is 9.65. The molecule has 1 saturated heterocycles. The van der Waals surface area contributed by atoms with Crippen molar-refractivity contribution < 1.29 is 38.4 Å². The summed E-state index contributed by atoms with van der Waals surface area (Å²) in [5.41, 5.74) is 7.81. The molecule has 1 fully saturated rings. The third kappa shape index (κ3) is 3.29. The molecule has 4 atom stereocenters. The number of amides is 1. The molecule has 10 heteroatoms. The molecule has 174 valence electrons. The zero-order valence-corrected chi connectivity index (χ0v) is 18.1. The van der Waals surface area contributed by atoms with Gasteiger partial charge in [0.25, 0.3) is 0 Å². The average molecular weight is 456 g/mol. The summed E-state index contributed by atoms with van der Waals surface area (Å²) in [4.78, 5) is 25.3. The van der Waals surface area contributed by atoms with E-state index in [9.17, 15) is 14.7 Å². The molecule has 5 rings (SSSR count). The number of cyclic esters (lactones) is 1. The summed E-state index contributed by atoms with van der Waals surface area (Å²) in [6.07, 6.45) is 0. The molecule has 0 radical (unpaired) electrons. The molecule has 2 heterocycles. The minimum Gasteiger partial charge on any atom is -0.502 e. The molecule has 2 aliphatic heterocycles. The van der Waals surface area contributed by atoms with Crippen molar-refractivity contribution in [2.45, 2.75) is 12.0 Å². The molecule has 1 amide bonds. The van der Waals surface area contributed by atoms with Crippen LogP contribution in [0.15, 0.2) is 24.3 Å². The summed E-state index contributed by atoms with van der Waals surface area (Å²) >= 11 is 0. The average Bonchev–Trinajstić information content (AvgIpc) is 3.44. The van der Waals surface area contributed by atoms with Crippen LogP contribution in [-0.4, -0.2) is 51.1 Å². The van der Waals surface area contributed by atoms with E-state index in [2.05, 4.69) is 5.32 Å². The highest BCUT2D eigenvalue weighted by Gasteiger charge is 2.53. The van der Waals surface area contributed by atoms with E-state index < -0.39 is 17.9 Å². The molecule has 33 heavy (non-hydrogen) atoms. The Labute approximate surface area is 189 Å². The highest BCUT2D eigenvalue weighted by atomic mass is 16.7. The van der Waals surface area contributed by atoms with Crippen molar-refractivity contribution in [2.75, 3.05) is 34.2 Å². The van der Waals surface area contributed by atoms with Gasteiger partial charge in [-0.25, -0.2) is 0 Å². The summed E-state index contributed by atoms with van der Waals surface area (Å²) in [5.74, 6) is -0.709. The van der Waals surface area contributed by atoms with Crippen LogP contribution in [0.5, 0.6) is 28.7 Å². The van der Waals surface area contributed by atoms with E-state index in [1.807, 2.05) is 12.1 Å². The monoisotopic (exact) mass is 456 g/mol. The summed E-state index contributed by atoms with van der Waals surface area (Å²) in [6, 6.07) is 6.52. The van der Waals surface area contributed by atoms with Gasteiger partial charge < -0.3 is 39.8 Å². The standard InChI is InChI=1S/C23H24N2O8/c1-29-16-3-10(4-17(30-2)22(16)27)19-11-5-14-15(33-9-32-14)6-12(11)21(25-18(26)7-24)13-8-31-23(28)20(13)19/h3-6,13,19-21,27H,7-9,24H2,1-2H3,(H,25,26). The first-order valence-electron chi connectivity index (χ1n) is 10.5. The number of phenols is 1. The normalized spacial score (nSPS) is 24.5. The fraction of sp³-hybridized carbons (Fsp3) is 0.391. The number of carbonyl (C=O) groups excluding carboxylic acids is 2. The number of nitrogens with two attached hydrogens (primary N) is 1. The van der Waals surface area contributed by atoms with E-state index in [1.54, 1.807) is 12.1 Å². The van der Waals surface area contributed by atoms with Gasteiger partial charge >= 0.3 is 5.97 Å². The molecule has 10 nitrogen and oxygen atoms in total. The number of phenolic OH excluding ortho intramolecular Hbond substituents is 1. The van der Waals surface area contributed by atoms with E-state index in [-0.39, 0.29) is 55.0 Å². The minimum atomic E-state index is -0.597. The van der Waals surface area contributed by atoms with Crippen LogP contribution < -0.4 is 30.0 Å². The van der Waals surface area contributed by atoms with E-state index in [4.69, 9.17) is 29.4 Å². The lowest BCUT2D eigenvalue weighted by molar-refractivity contribution is -0.141. The van der Waals surface area contributed by atoms with Gasteiger partial charge in [-0.2, -0.15) is 0 Å². The second-order valence-electron chi connectivity index (χ2n) is 8.16. The van der Waals surface area contributed by atoms with Crippen molar-refractivity contribution in [3.05, 3.63) is 41.0 Å². The molecule has 0 aromatic heterocycles. The number of fused-ring (bicyclic) bond motifs is 3. The molecule has 0 saturated carbocycles. The highest BCUT2D eigenvalue weighted by Crippen LogP contribution is 2.55. The fourth-order valence-corrected chi connectivity index (χ4v) is 5.07. The van der Waals surface area contributed by atoms with Crippen LogP contribution >= 0.6 is 0 Å². The Morgan fingerprint density at radius 2 is 1.73 bits per heavy atom. The number of methoxy groups -OCH3 is 2. The fourth-order valence-electron chi connectivity index (χ4n) is 5.07. The van der Waals surface area contributed by atoms with Crippen LogP contribution in [-0.2, 0) is 14.3 Å².